The number of nitro groups is 1. The van der Waals surface area contributed by atoms with Crippen LogP contribution in [0.25, 0.3) is 17.3 Å². The number of nitrogens with one attached hydrogen (secondary N) is 1. The number of nitro benzene ring substituents is 1. The van der Waals surface area contributed by atoms with Crippen molar-refractivity contribution in [2.45, 2.75) is 13.8 Å². The molecule has 0 aliphatic carbocycles. The molecule has 27 heavy (non-hydrogen) atoms. The largest absolute Gasteiger partial charge is 0.298 e. The number of aryl methyl sites for hydroxylation is 2. The maximum Gasteiger partial charge on any atom is 0.270 e. The highest BCUT2D eigenvalue weighted by molar-refractivity contribution is 7.16. The average Bonchev–Trinajstić information content (AvgIpc) is 3.01. The third-order valence-corrected chi connectivity index (χ3v) is 4.75. The van der Waals surface area contributed by atoms with E-state index in [4.69, 9.17) is 0 Å². The summed E-state index contributed by atoms with van der Waals surface area (Å²) in [7, 11) is 0. The summed E-state index contributed by atoms with van der Waals surface area (Å²) in [6, 6.07) is 14.1. The van der Waals surface area contributed by atoms with Gasteiger partial charge in [0, 0.05) is 28.6 Å². The van der Waals surface area contributed by atoms with E-state index in [1.807, 2.05) is 38.1 Å². The summed E-state index contributed by atoms with van der Waals surface area (Å²) in [5, 5.41) is 14.0. The van der Waals surface area contributed by atoms with Gasteiger partial charge in [-0.05, 0) is 25.5 Å². The SMILES string of the molecule is Cc1ccc(-c2nc(NC(=O)C=Cc3cccc([N+](=O)[O-])c3)sc2C)cc1. The number of carbonyl (C=O) groups excluding carboxylic acids is 1. The van der Waals surface area contributed by atoms with Crippen LogP contribution in [0.3, 0.4) is 0 Å². The highest BCUT2D eigenvalue weighted by Crippen LogP contribution is 2.30. The van der Waals surface area contributed by atoms with Crippen LogP contribution >= 0.6 is 11.3 Å². The monoisotopic (exact) mass is 379 g/mol. The zero-order chi connectivity index (χ0) is 19.4. The summed E-state index contributed by atoms with van der Waals surface area (Å²) < 4.78 is 0. The number of rotatable bonds is 5. The molecule has 0 aliphatic rings. The van der Waals surface area contributed by atoms with Gasteiger partial charge in [0.1, 0.15) is 0 Å². The Morgan fingerprint density at radius 1 is 1.19 bits per heavy atom. The van der Waals surface area contributed by atoms with E-state index in [-0.39, 0.29) is 11.6 Å². The first-order chi connectivity index (χ1) is 12.9. The van der Waals surface area contributed by atoms with Crippen LogP contribution < -0.4 is 5.32 Å². The van der Waals surface area contributed by atoms with Crippen molar-refractivity contribution in [2.75, 3.05) is 5.32 Å². The van der Waals surface area contributed by atoms with Crippen molar-refractivity contribution in [3.05, 3.63) is 80.7 Å². The number of non-ortho nitro benzene ring substituents is 1. The second-order valence-corrected chi connectivity index (χ2v) is 7.17. The number of anilines is 1. The number of benzene rings is 2. The Kier molecular flexibility index (Phi) is 5.42. The van der Waals surface area contributed by atoms with Crippen LogP contribution in [0.2, 0.25) is 0 Å². The van der Waals surface area contributed by atoms with Gasteiger partial charge in [-0.2, -0.15) is 0 Å². The Morgan fingerprint density at radius 3 is 2.63 bits per heavy atom. The normalized spacial score (nSPS) is 10.9. The van der Waals surface area contributed by atoms with Crippen molar-refractivity contribution in [3.8, 4) is 11.3 Å². The van der Waals surface area contributed by atoms with Gasteiger partial charge >= 0.3 is 0 Å². The lowest BCUT2D eigenvalue weighted by Crippen LogP contribution is -2.07. The Bertz CT molecular complexity index is 1020. The first kappa shape index (κ1) is 18.5. The lowest BCUT2D eigenvalue weighted by molar-refractivity contribution is -0.384. The molecule has 0 spiro atoms. The Hall–Kier alpha value is -3.32. The third kappa shape index (κ3) is 4.65. The molecule has 1 heterocycles. The van der Waals surface area contributed by atoms with E-state index in [1.54, 1.807) is 12.1 Å². The average molecular weight is 379 g/mol. The maximum atomic E-state index is 12.1. The van der Waals surface area contributed by atoms with E-state index in [0.717, 1.165) is 16.1 Å². The summed E-state index contributed by atoms with van der Waals surface area (Å²) in [5.74, 6) is -0.342. The highest BCUT2D eigenvalue weighted by atomic mass is 32.1. The van der Waals surface area contributed by atoms with Crippen molar-refractivity contribution in [1.82, 2.24) is 4.98 Å². The van der Waals surface area contributed by atoms with Gasteiger partial charge in [-0.1, -0.05) is 42.0 Å². The molecule has 2 aromatic carbocycles. The van der Waals surface area contributed by atoms with E-state index in [9.17, 15) is 14.9 Å². The number of carbonyl (C=O) groups is 1. The molecule has 7 heteroatoms. The highest BCUT2D eigenvalue weighted by Gasteiger charge is 2.11. The Morgan fingerprint density at radius 2 is 1.93 bits per heavy atom. The van der Waals surface area contributed by atoms with Crippen molar-refractivity contribution in [3.63, 3.8) is 0 Å². The predicted molar refractivity (Wildman–Crippen MR) is 108 cm³/mol. The number of nitrogens with zero attached hydrogens (tertiary/aromatic N) is 2. The summed E-state index contributed by atoms with van der Waals surface area (Å²) in [6.45, 7) is 3.98. The number of hydrogen-bond donors (Lipinski definition) is 1. The predicted octanol–water partition coefficient (Wildman–Crippen LogP) is 4.99. The topological polar surface area (TPSA) is 85.1 Å². The van der Waals surface area contributed by atoms with Gasteiger partial charge < -0.3 is 0 Å². The molecule has 0 atom stereocenters. The van der Waals surface area contributed by atoms with Crippen LogP contribution in [-0.4, -0.2) is 15.8 Å². The number of aromatic nitrogens is 1. The summed E-state index contributed by atoms with van der Waals surface area (Å²) >= 11 is 1.40. The lowest BCUT2D eigenvalue weighted by atomic mass is 10.1. The van der Waals surface area contributed by atoms with Crippen molar-refractivity contribution in [1.29, 1.82) is 0 Å². The van der Waals surface area contributed by atoms with Gasteiger partial charge in [0.15, 0.2) is 5.13 Å². The lowest BCUT2D eigenvalue weighted by Gasteiger charge is -1.99. The van der Waals surface area contributed by atoms with Gasteiger partial charge in [0.2, 0.25) is 5.91 Å². The minimum Gasteiger partial charge on any atom is -0.298 e. The molecule has 0 bridgehead atoms. The number of hydrogen-bond acceptors (Lipinski definition) is 5. The zero-order valence-corrected chi connectivity index (χ0v) is 15.6. The summed E-state index contributed by atoms with van der Waals surface area (Å²) in [6.07, 6.45) is 2.87. The van der Waals surface area contributed by atoms with Gasteiger partial charge in [-0.3, -0.25) is 20.2 Å². The van der Waals surface area contributed by atoms with E-state index in [0.29, 0.717) is 10.7 Å². The molecular formula is C20H17N3O3S. The molecule has 6 nitrogen and oxygen atoms in total. The van der Waals surface area contributed by atoms with Gasteiger partial charge in [0.05, 0.1) is 10.6 Å². The van der Waals surface area contributed by atoms with Crippen molar-refractivity contribution < 1.29 is 9.72 Å². The van der Waals surface area contributed by atoms with E-state index in [1.165, 1.54) is 41.2 Å². The standard InChI is InChI=1S/C20H17N3O3S/c1-13-6-9-16(10-7-13)19-14(2)27-20(22-19)21-18(24)11-8-15-4-3-5-17(12-15)23(25)26/h3-12H,1-2H3,(H,21,22,24). The van der Waals surface area contributed by atoms with Crippen LogP contribution in [0.1, 0.15) is 16.0 Å². The molecule has 1 amide bonds. The molecule has 1 aromatic heterocycles. The molecular weight excluding hydrogens is 362 g/mol. The van der Waals surface area contributed by atoms with Gasteiger partial charge in [0.25, 0.3) is 5.69 Å². The first-order valence-electron chi connectivity index (χ1n) is 8.20. The fourth-order valence-electron chi connectivity index (χ4n) is 2.49. The first-order valence-corrected chi connectivity index (χ1v) is 9.02. The van der Waals surface area contributed by atoms with Crippen molar-refractivity contribution >= 4 is 34.1 Å². The molecule has 1 N–H and O–H groups in total. The quantitative estimate of drug-likeness (QED) is 0.384. The fraction of sp³-hybridized carbons (Fsp3) is 0.100. The van der Waals surface area contributed by atoms with Crippen LogP contribution in [0.4, 0.5) is 10.8 Å². The van der Waals surface area contributed by atoms with Gasteiger partial charge in [-0.25, -0.2) is 4.98 Å². The van der Waals surface area contributed by atoms with E-state index < -0.39 is 4.92 Å². The molecule has 0 aliphatic heterocycles. The van der Waals surface area contributed by atoms with E-state index in [2.05, 4.69) is 10.3 Å². The van der Waals surface area contributed by atoms with Crippen LogP contribution in [-0.2, 0) is 4.79 Å². The maximum absolute atomic E-state index is 12.1. The summed E-state index contributed by atoms with van der Waals surface area (Å²) in [5.41, 5.74) is 3.58. The fourth-order valence-corrected chi connectivity index (χ4v) is 3.33. The number of amides is 1. The minimum atomic E-state index is -0.470. The molecule has 0 fully saturated rings. The minimum absolute atomic E-state index is 0.0177. The number of thiazole rings is 1. The van der Waals surface area contributed by atoms with Crippen LogP contribution in [0, 0.1) is 24.0 Å². The van der Waals surface area contributed by atoms with Crippen molar-refractivity contribution in [2.24, 2.45) is 0 Å². The molecule has 136 valence electrons. The van der Waals surface area contributed by atoms with Gasteiger partial charge in [-0.15, -0.1) is 11.3 Å². The summed E-state index contributed by atoms with van der Waals surface area (Å²) in [4.78, 5) is 28.0. The second kappa shape index (κ2) is 7.92. The Balaban J connectivity index is 1.71. The Labute approximate surface area is 160 Å². The zero-order valence-electron chi connectivity index (χ0n) is 14.8. The van der Waals surface area contributed by atoms with E-state index >= 15 is 0 Å². The molecule has 3 rings (SSSR count). The molecule has 0 unspecified atom stereocenters. The van der Waals surface area contributed by atoms with Crippen LogP contribution in [0.5, 0.6) is 0 Å². The smallest absolute Gasteiger partial charge is 0.270 e. The second-order valence-electron chi connectivity index (χ2n) is 5.96. The molecule has 0 saturated carbocycles. The van der Waals surface area contributed by atoms with Crippen LogP contribution in [0.15, 0.2) is 54.6 Å². The molecule has 0 radical (unpaired) electrons. The third-order valence-electron chi connectivity index (χ3n) is 3.86. The molecule has 3 aromatic rings. The molecule has 0 saturated heterocycles.